The van der Waals surface area contributed by atoms with E-state index in [1.54, 1.807) is 17.4 Å². The maximum absolute atomic E-state index is 10.9. The van der Waals surface area contributed by atoms with Crippen molar-refractivity contribution in [3.63, 3.8) is 0 Å². The van der Waals surface area contributed by atoms with Gasteiger partial charge in [0.15, 0.2) is 0 Å². The molecule has 12 heavy (non-hydrogen) atoms. The van der Waals surface area contributed by atoms with Gasteiger partial charge in [0.25, 0.3) is 0 Å². The Morgan fingerprint density at radius 3 is 3.17 bits per heavy atom. The molecule has 0 atom stereocenters. The molecule has 0 bridgehead atoms. The molecule has 0 spiro atoms. The molecule has 1 N–H and O–H groups in total. The third-order valence-corrected chi connectivity index (χ3v) is 2.21. The number of hydrogen-bond donors (Lipinski definition) is 1. The fourth-order valence-electron chi connectivity index (χ4n) is 0.798. The first-order chi connectivity index (χ1) is 5.83. The fraction of sp³-hybridized carbons (Fsp3) is 0.222. The maximum atomic E-state index is 10.9. The molecule has 0 aliphatic heterocycles. The van der Waals surface area contributed by atoms with Crippen LogP contribution in [0.5, 0.6) is 0 Å². The molecule has 1 rings (SSSR count). The summed E-state index contributed by atoms with van der Waals surface area (Å²) < 4.78 is 0. The van der Waals surface area contributed by atoms with Crippen LogP contribution >= 0.6 is 11.3 Å². The average Bonchev–Trinajstić information content (AvgIpc) is 2.53. The van der Waals surface area contributed by atoms with Gasteiger partial charge in [-0.15, -0.1) is 11.3 Å². The first kappa shape index (κ1) is 9.00. The van der Waals surface area contributed by atoms with Crippen LogP contribution in [0.1, 0.15) is 11.8 Å². The highest BCUT2D eigenvalue weighted by molar-refractivity contribution is 7.09. The van der Waals surface area contributed by atoms with Gasteiger partial charge in [-0.05, 0) is 24.4 Å². The fourth-order valence-corrected chi connectivity index (χ4v) is 1.44. The number of hydrogen-bond acceptors (Lipinski definition) is 2. The van der Waals surface area contributed by atoms with Gasteiger partial charge in [0.05, 0.1) is 6.54 Å². The summed E-state index contributed by atoms with van der Waals surface area (Å²) in [5, 5.41) is 4.77. The van der Waals surface area contributed by atoms with E-state index >= 15 is 0 Å². The van der Waals surface area contributed by atoms with Crippen molar-refractivity contribution < 1.29 is 4.79 Å². The van der Waals surface area contributed by atoms with E-state index in [1.165, 1.54) is 11.0 Å². The Morgan fingerprint density at radius 1 is 1.75 bits per heavy atom. The lowest BCUT2D eigenvalue weighted by molar-refractivity contribution is -0.116. The van der Waals surface area contributed by atoms with Crippen LogP contribution in [0.3, 0.4) is 0 Å². The highest BCUT2D eigenvalue weighted by Gasteiger charge is 1.95. The van der Waals surface area contributed by atoms with E-state index < -0.39 is 0 Å². The second-order valence-corrected chi connectivity index (χ2v) is 3.33. The van der Waals surface area contributed by atoms with Gasteiger partial charge in [0.1, 0.15) is 0 Å². The van der Waals surface area contributed by atoms with E-state index in [1.807, 2.05) is 24.4 Å². The van der Waals surface area contributed by atoms with Gasteiger partial charge >= 0.3 is 0 Å². The first-order valence-electron chi connectivity index (χ1n) is 3.76. The molecule has 64 valence electrons. The number of allylic oxidation sites excluding steroid dienone is 1. The van der Waals surface area contributed by atoms with E-state index in [-0.39, 0.29) is 5.91 Å². The van der Waals surface area contributed by atoms with E-state index in [4.69, 9.17) is 0 Å². The lowest BCUT2D eigenvalue weighted by Gasteiger charge is -1.97. The number of thiophene rings is 1. The van der Waals surface area contributed by atoms with Gasteiger partial charge in [-0.1, -0.05) is 12.1 Å². The summed E-state index contributed by atoms with van der Waals surface area (Å²) in [4.78, 5) is 12.1. The predicted molar refractivity (Wildman–Crippen MR) is 51.0 cm³/mol. The summed E-state index contributed by atoms with van der Waals surface area (Å²) in [5.41, 5.74) is 0. The first-order valence-corrected chi connectivity index (χ1v) is 4.64. The van der Waals surface area contributed by atoms with E-state index in [0.29, 0.717) is 6.54 Å². The third-order valence-electron chi connectivity index (χ3n) is 1.33. The van der Waals surface area contributed by atoms with Crippen LogP contribution < -0.4 is 5.32 Å². The van der Waals surface area contributed by atoms with Crippen molar-refractivity contribution in [2.45, 2.75) is 13.5 Å². The number of carbonyl (C=O) groups excluding carboxylic acids is 1. The Hall–Kier alpha value is -1.09. The number of amides is 1. The lowest BCUT2D eigenvalue weighted by Crippen LogP contribution is -2.19. The summed E-state index contributed by atoms with van der Waals surface area (Å²) >= 11 is 1.64. The quantitative estimate of drug-likeness (QED) is 0.709. The largest absolute Gasteiger partial charge is 0.348 e. The predicted octanol–water partition coefficient (Wildman–Crippen LogP) is 1.94. The van der Waals surface area contributed by atoms with Gasteiger partial charge < -0.3 is 5.32 Å². The van der Waals surface area contributed by atoms with E-state index in [0.717, 1.165) is 0 Å². The Kier molecular flexibility index (Phi) is 3.54. The Balaban J connectivity index is 2.31. The van der Waals surface area contributed by atoms with Crippen molar-refractivity contribution in [2.24, 2.45) is 0 Å². The molecular formula is C9H11NOS. The highest BCUT2D eigenvalue weighted by Crippen LogP contribution is 2.06. The molecule has 0 aromatic carbocycles. The molecule has 1 aromatic rings. The third kappa shape index (κ3) is 2.88. The molecule has 0 aliphatic carbocycles. The van der Waals surface area contributed by atoms with Crippen molar-refractivity contribution in [3.8, 4) is 0 Å². The van der Waals surface area contributed by atoms with Gasteiger partial charge in [0.2, 0.25) is 5.91 Å². The van der Waals surface area contributed by atoms with Crippen LogP contribution in [0.25, 0.3) is 0 Å². The molecule has 3 heteroatoms. The van der Waals surface area contributed by atoms with Crippen LogP contribution in [0.4, 0.5) is 0 Å². The van der Waals surface area contributed by atoms with Crippen LogP contribution in [-0.2, 0) is 11.3 Å². The van der Waals surface area contributed by atoms with Crippen LogP contribution in [0.2, 0.25) is 0 Å². The molecule has 1 heterocycles. The Labute approximate surface area is 75.9 Å². The van der Waals surface area contributed by atoms with Gasteiger partial charge in [0, 0.05) is 4.88 Å². The van der Waals surface area contributed by atoms with Crippen molar-refractivity contribution in [1.29, 1.82) is 0 Å². The minimum Gasteiger partial charge on any atom is -0.348 e. The standard InChI is InChI=1S/C9H11NOS/c1-2-4-9(11)10-7-8-5-3-6-12-8/h2-6H,7H2,1H3,(H,10,11)/b4-2+. The van der Waals surface area contributed by atoms with Gasteiger partial charge in [-0.25, -0.2) is 0 Å². The number of nitrogens with one attached hydrogen (secondary N) is 1. The van der Waals surface area contributed by atoms with Gasteiger partial charge in [-0.3, -0.25) is 4.79 Å². The molecule has 0 radical (unpaired) electrons. The zero-order valence-electron chi connectivity index (χ0n) is 6.91. The molecule has 1 amide bonds. The van der Waals surface area contributed by atoms with Crippen molar-refractivity contribution in [3.05, 3.63) is 34.5 Å². The smallest absolute Gasteiger partial charge is 0.243 e. The summed E-state index contributed by atoms with van der Waals surface area (Å²) in [6, 6.07) is 3.97. The molecule has 0 saturated carbocycles. The van der Waals surface area contributed by atoms with Crippen LogP contribution in [-0.4, -0.2) is 5.91 Å². The minimum atomic E-state index is -0.0362. The zero-order chi connectivity index (χ0) is 8.81. The average molecular weight is 181 g/mol. The second-order valence-electron chi connectivity index (χ2n) is 2.30. The monoisotopic (exact) mass is 181 g/mol. The van der Waals surface area contributed by atoms with E-state index in [9.17, 15) is 4.79 Å². The lowest BCUT2D eigenvalue weighted by atomic mass is 10.4. The SMILES string of the molecule is C/C=C/C(=O)NCc1cccs1. The summed E-state index contributed by atoms with van der Waals surface area (Å²) in [5.74, 6) is -0.0362. The molecule has 0 saturated heterocycles. The zero-order valence-corrected chi connectivity index (χ0v) is 7.73. The molecule has 1 aromatic heterocycles. The van der Waals surface area contributed by atoms with Crippen molar-refractivity contribution in [2.75, 3.05) is 0 Å². The van der Waals surface area contributed by atoms with Crippen LogP contribution in [0.15, 0.2) is 29.7 Å². The van der Waals surface area contributed by atoms with Crippen LogP contribution in [0, 0.1) is 0 Å². The second kappa shape index (κ2) is 4.72. The molecule has 0 fully saturated rings. The highest BCUT2D eigenvalue weighted by atomic mass is 32.1. The van der Waals surface area contributed by atoms with Crippen molar-refractivity contribution in [1.82, 2.24) is 5.32 Å². The molecule has 2 nitrogen and oxygen atoms in total. The normalized spacial score (nSPS) is 10.4. The van der Waals surface area contributed by atoms with Gasteiger partial charge in [-0.2, -0.15) is 0 Å². The molecular weight excluding hydrogens is 170 g/mol. The number of carbonyl (C=O) groups is 1. The molecule has 0 unspecified atom stereocenters. The van der Waals surface area contributed by atoms with E-state index in [2.05, 4.69) is 5.32 Å². The van der Waals surface area contributed by atoms with Crippen molar-refractivity contribution >= 4 is 17.2 Å². The minimum absolute atomic E-state index is 0.0362. The Morgan fingerprint density at radius 2 is 2.58 bits per heavy atom. The maximum Gasteiger partial charge on any atom is 0.243 e. The molecule has 0 aliphatic rings. The Bertz CT molecular complexity index is 264. The summed E-state index contributed by atoms with van der Waals surface area (Å²) in [6.45, 7) is 2.45. The topological polar surface area (TPSA) is 29.1 Å². The summed E-state index contributed by atoms with van der Waals surface area (Å²) in [7, 11) is 0. The summed E-state index contributed by atoms with van der Waals surface area (Å²) in [6.07, 6.45) is 3.25. The number of rotatable bonds is 3.